The Labute approximate surface area is 207 Å². The first-order valence-electron chi connectivity index (χ1n) is 11.5. The highest BCUT2D eigenvalue weighted by atomic mass is 16.4. The highest BCUT2D eigenvalue weighted by Gasteiger charge is 2.27. The largest absolute Gasteiger partial charge is 0.480 e. The number of nitrogens with two attached hydrogens (primary N) is 3. The van der Waals surface area contributed by atoms with Gasteiger partial charge in [-0.15, -0.1) is 0 Å². The number of hydrogen-bond donors (Lipinski definition) is 8. The molecular formula is C23H33N7O6. The summed E-state index contributed by atoms with van der Waals surface area (Å²) in [6.07, 6.45) is 2.68. The molecule has 13 heteroatoms. The maximum atomic E-state index is 12.7. The first-order valence-corrected chi connectivity index (χ1v) is 11.5. The van der Waals surface area contributed by atoms with Crippen LogP contribution in [0.1, 0.15) is 31.2 Å². The van der Waals surface area contributed by atoms with Gasteiger partial charge in [0.15, 0.2) is 0 Å². The molecule has 36 heavy (non-hydrogen) atoms. The molecular weight excluding hydrogens is 470 g/mol. The fourth-order valence-corrected chi connectivity index (χ4v) is 3.61. The second-order valence-electron chi connectivity index (χ2n) is 8.36. The van der Waals surface area contributed by atoms with Gasteiger partial charge in [-0.05, 0) is 43.9 Å². The number of fused-ring (bicyclic) bond motifs is 1. The Hall–Kier alpha value is -3.97. The van der Waals surface area contributed by atoms with Gasteiger partial charge >= 0.3 is 5.97 Å². The van der Waals surface area contributed by atoms with Gasteiger partial charge in [-0.1, -0.05) is 18.2 Å². The smallest absolute Gasteiger partial charge is 0.326 e. The zero-order chi connectivity index (χ0) is 26.7. The van der Waals surface area contributed by atoms with E-state index in [1.165, 1.54) is 0 Å². The monoisotopic (exact) mass is 503 g/mol. The Balaban J connectivity index is 1.93. The molecule has 3 atom stereocenters. The quantitative estimate of drug-likeness (QED) is 0.129. The van der Waals surface area contributed by atoms with Crippen molar-refractivity contribution < 1.29 is 29.1 Å². The molecule has 0 aliphatic rings. The van der Waals surface area contributed by atoms with Crippen molar-refractivity contribution in [2.75, 3.05) is 13.1 Å². The average molecular weight is 504 g/mol. The molecule has 0 saturated heterocycles. The minimum atomic E-state index is -1.36. The minimum absolute atomic E-state index is 0.171. The molecule has 0 spiro atoms. The summed E-state index contributed by atoms with van der Waals surface area (Å²) in [5.41, 5.74) is 18.3. The number of carbonyl (C=O) groups excluding carboxylic acids is 4. The molecule has 1 aromatic heterocycles. The van der Waals surface area contributed by atoms with Crippen molar-refractivity contribution in [3.63, 3.8) is 0 Å². The Morgan fingerprint density at radius 3 is 2.39 bits per heavy atom. The Bertz CT molecular complexity index is 1090. The second-order valence-corrected chi connectivity index (χ2v) is 8.36. The van der Waals surface area contributed by atoms with Crippen LogP contribution in [0.2, 0.25) is 0 Å². The normalized spacial score (nSPS) is 13.4. The van der Waals surface area contributed by atoms with Gasteiger partial charge in [0, 0.05) is 17.1 Å². The molecule has 2 aromatic rings. The van der Waals surface area contributed by atoms with E-state index >= 15 is 0 Å². The first-order chi connectivity index (χ1) is 17.1. The van der Waals surface area contributed by atoms with E-state index in [2.05, 4.69) is 20.9 Å². The number of carboxylic acids is 1. The molecule has 2 rings (SSSR count). The number of carbonyl (C=O) groups is 5. The lowest BCUT2D eigenvalue weighted by Gasteiger charge is -2.20. The number of unbranched alkanes of at least 4 members (excludes halogenated alkanes) is 1. The molecule has 13 nitrogen and oxygen atoms in total. The maximum Gasteiger partial charge on any atom is 0.326 e. The SMILES string of the molecule is NCCCCC(NC(=O)CNC(=O)C(CC(N)=O)NC(=O)C(N)Cc1c[nH]c2ccccc12)C(=O)O. The van der Waals surface area contributed by atoms with Gasteiger partial charge in [-0.2, -0.15) is 0 Å². The number of hydrogen-bond acceptors (Lipinski definition) is 7. The number of carboxylic acid groups (broad SMARTS) is 1. The Morgan fingerprint density at radius 2 is 1.72 bits per heavy atom. The number of aliphatic carboxylic acids is 1. The standard InChI is InChI=1S/C23H33N7O6/c24-8-4-3-7-17(23(35)36)29-20(32)12-28-22(34)18(10-19(26)31)30-21(33)15(25)9-13-11-27-16-6-2-1-5-14(13)16/h1-2,5-6,11,15,17-18,27H,3-4,7-10,12,24-25H2,(H2,26,31)(H,28,34)(H,29,32)(H,30,33)(H,35,36). The van der Waals surface area contributed by atoms with Crippen LogP contribution in [-0.2, 0) is 30.4 Å². The van der Waals surface area contributed by atoms with Crippen molar-refractivity contribution in [3.8, 4) is 0 Å². The molecule has 0 radical (unpaired) electrons. The molecule has 0 bridgehead atoms. The van der Waals surface area contributed by atoms with Gasteiger partial charge in [-0.25, -0.2) is 4.79 Å². The number of benzene rings is 1. The molecule has 4 amide bonds. The van der Waals surface area contributed by atoms with Gasteiger partial charge in [0.1, 0.15) is 12.1 Å². The van der Waals surface area contributed by atoms with Crippen LogP contribution >= 0.6 is 0 Å². The third kappa shape index (κ3) is 8.67. The number of rotatable bonds is 15. The van der Waals surface area contributed by atoms with E-state index in [0.29, 0.717) is 19.4 Å². The molecule has 1 heterocycles. The summed E-state index contributed by atoms with van der Waals surface area (Å²) in [5.74, 6) is -4.34. The van der Waals surface area contributed by atoms with Crippen LogP contribution in [0.3, 0.4) is 0 Å². The topological polar surface area (TPSA) is 236 Å². The van der Waals surface area contributed by atoms with Crippen LogP contribution < -0.4 is 33.2 Å². The van der Waals surface area contributed by atoms with Crippen LogP contribution in [0, 0.1) is 0 Å². The molecule has 0 saturated carbocycles. The summed E-state index contributed by atoms with van der Waals surface area (Å²) in [5, 5.41) is 17.1. The van der Waals surface area contributed by atoms with Crippen molar-refractivity contribution in [1.29, 1.82) is 0 Å². The summed E-state index contributed by atoms with van der Waals surface area (Å²) >= 11 is 0. The van der Waals surface area contributed by atoms with E-state index < -0.39 is 60.7 Å². The van der Waals surface area contributed by atoms with Crippen molar-refractivity contribution in [2.45, 2.75) is 50.2 Å². The van der Waals surface area contributed by atoms with Crippen molar-refractivity contribution in [2.24, 2.45) is 17.2 Å². The van der Waals surface area contributed by atoms with E-state index in [9.17, 15) is 29.1 Å². The number of H-pyrrole nitrogens is 1. The average Bonchev–Trinajstić information content (AvgIpc) is 3.23. The third-order valence-electron chi connectivity index (χ3n) is 5.49. The van der Waals surface area contributed by atoms with Gasteiger partial charge < -0.3 is 43.2 Å². The number of para-hydroxylation sites is 1. The number of nitrogens with one attached hydrogen (secondary N) is 4. The van der Waals surface area contributed by atoms with Crippen LogP contribution in [0.4, 0.5) is 0 Å². The molecule has 0 aliphatic carbocycles. The summed E-state index contributed by atoms with van der Waals surface area (Å²) in [6.45, 7) is -0.166. The van der Waals surface area contributed by atoms with E-state index in [0.717, 1.165) is 16.5 Å². The fraction of sp³-hybridized carbons (Fsp3) is 0.435. The van der Waals surface area contributed by atoms with Gasteiger partial charge in [-0.3, -0.25) is 19.2 Å². The van der Waals surface area contributed by atoms with Gasteiger partial charge in [0.25, 0.3) is 0 Å². The molecule has 11 N–H and O–H groups in total. The Morgan fingerprint density at radius 1 is 1.00 bits per heavy atom. The van der Waals surface area contributed by atoms with E-state index in [1.54, 1.807) is 6.20 Å². The molecule has 0 aliphatic heterocycles. The second kappa shape index (κ2) is 13.8. The first kappa shape index (κ1) is 28.3. The van der Waals surface area contributed by atoms with Crippen LogP contribution in [0.5, 0.6) is 0 Å². The summed E-state index contributed by atoms with van der Waals surface area (Å²) < 4.78 is 0. The highest BCUT2D eigenvalue weighted by molar-refractivity contribution is 5.95. The maximum absolute atomic E-state index is 12.7. The summed E-state index contributed by atoms with van der Waals surface area (Å²) in [6, 6.07) is 3.96. The van der Waals surface area contributed by atoms with E-state index in [1.807, 2.05) is 24.3 Å². The van der Waals surface area contributed by atoms with E-state index in [-0.39, 0.29) is 12.8 Å². The lowest BCUT2D eigenvalue weighted by Crippen LogP contribution is -2.54. The van der Waals surface area contributed by atoms with Crippen molar-refractivity contribution in [3.05, 3.63) is 36.0 Å². The summed E-state index contributed by atoms with van der Waals surface area (Å²) in [7, 11) is 0. The minimum Gasteiger partial charge on any atom is -0.480 e. The van der Waals surface area contributed by atoms with Gasteiger partial charge in [0.2, 0.25) is 23.6 Å². The predicted octanol–water partition coefficient (Wildman–Crippen LogP) is -1.79. The molecule has 3 unspecified atom stereocenters. The highest BCUT2D eigenvalue weighted by Crippen LogP contribution is 2.18. The lowest BCUT2D eigenvalue weighted by molar-refractivity contribution is -0.142. The lowest BCUT2D eigenvalue weighted by atomic mass is 10.0. The number of primary amides is 1. The zero-order valence-corrected chi connectivity index (χ0v) is 19.8. The summed E-state index contributed by atoms with van der Waals surface area (Å²) in [4.78, 5) is 63.2. The van der Waals surface area contributed by atoms with Crippen LogP contribution in [0.25, 0.3) is 10.9 Å². The van der Waals surface area contributed by atoms with Gasteiger partial charge in [0.05, 0.1) is 19.0 Å². The van der Waals surface area contributed by atoms with E-state index in [4.69, 9.17) is 17.2 Å². The van der Waals surface area contributed by atoms with Crippen LogP contribution in [0.15, 0.2) is 30.5 Å². The Kier molecular flexibility index (Phi) is 10.8. The third-order valence-corrected chi connectivity index (χ3v) is 5.49. The van der Waals surface area contributed by atoms with Crippen molar-refractivity contribution >= 4 is 40.5 Å². The van der Waals surface area contributed by atoms with Crippen LogP contribution in [-0.4, -0.2) is 70.9 Å². The molecule has 1 aromatic carbocycles. The van der Waals surface area contributed by atoms with Crippen molar-refractivity contribution in [1.82, 2.24) is 20.9 Å². The number of amides is 4. The zero-order valence-electron chi connectivity index (χ0n) is 19.8. The molecule has 196 valence electrons. The fourth-order valence-electron chi connectivity index (χ4n) is 3.61. The molecule has 0 fully saturated rings. The predicted molar refractivity (Wildman–Crippen MR) is 131 cm³/mol. The number of aromatic nitrogens is 1. The number of aromatic amines is 1.